The van der Waals surface area contributed by atoms with Crippen molar-refractivity contribution >= 4 is 11.8 Å². The van der Waals surface area contributed by atoms with Gasteiger partial charge in [0.1, 0.15) is 28.5 Å². The van der Waals surface area contributed by atoms with E-state index < -0.39 is 5.54 Å². The molecule has 0 unspecified atom stereocenters. The lowest BCUT2D eigenvalue weighted by Crippen LogP contribution is -2.63. The number of carbonyl (C=O) groups is 2. The number of ether oxygens (including phenoxy) is 3. The normalized spacial score (nSPS) is 14.2. The zero-order valence-corrected chi connectivity index (χ0v) is 27.3. The molecule has 0 aromatic heterocycles. The van der Waals surface area contributed by atoms with Crippen LogP contribution in [0, 0.1) is 0 Å². The zero-order chi connectivity index (χ0) is 33.2. The minimum atomic E-state index is -1.10. The van der Waals surface area contributed by atoms with Crippen LogP contribution in [-0.2, 0) is 17.8 Å². The minimum absolute atomic E-state index is 0.148. The Morgan fingerprint density at radius 1 is 0.809 bits per heavy atom. The highest BCUT2D eigenvalue weighted by Crippen LogP contribution is 2.34. The van der Waals surface area contributed by atoms with E-state index in [1.54, 1.807) is 57.7 Å². The number of rotatable bonds is 13. The molecule has 2 amide bonds. The van der Waals surface area contributed by atoms with Gasteiger partial charge in [-0.1, -0.05) is 54.6 Å². The number of phenolic OH excluding ortho intramolecular Hbond substituents is 1. The first-order valence-corrected chi connectivity index (χ1v) is 15.9. The predicted octanol–water partition coefficient (Wildman–Crippen LogP) is 5.60. The van der Waals surface area contributed by atoms with E-state index in [1.807, 2.05) is 30.3 Å². The zero-order valence-electron chi connectivity index (χ0n) is 27.3. The molecule has 1 saturated heterocycles. The van der Waals surface area contributed by atoms with Crippen LogP contribution in [-0.4, -0.2) is 68.3 Å². The van der Waals surface area contributed by atoms with Crippen molar-refractivity contribution in [3.63, 3.8) is 0 Å². The van der Waals surface area contributed by atoms with Gasteiger partial charge in [-0.25, -0.2) is 0 Å². The Labute approximate surface area is 276 Å². The lowest BCUT2D eigenvalue weighted by Gasteiger charge is -2.41. The number of aromatic hydroxyl groups is 1. The molecule has 3 N–H and O–H groups in total. The van der Waals surface area contributed by atoms with E-state index in [0.717, 1.165) is 30.5 Å². The van der Waals surface area contributed by atoms with Gasteiger partial charge in [-0.3, -0.25) is 9.59 Å². The summed E-state index contributed by atoms with van der Waals surface area (Å²) in [5.74, 6) is 1.26. The molecule has 0 radical (unpaired) electrons. The summed E-state index contributed by atoms with van der Waals surface area (Å²) in [6.07, 6.45) is 2.95. The molecule has 1 aliphatic rings. The number of methoxy groups -OCH3 is 3. The van der Waals surface area contributed by atoms with Crippen LogP contribution >= 0.6 is 0 Å². The van der Waals surface area contributed by atoms with E-state index in [9.17, 15) is 14.7 Å². The van der Waals surface area contributed by atoms with Crippen molar-refractivity contribution in [2.75, 3.05) is 41.0 Å². The van der Waals surface area contributed by atoms with Crippen molar-refractivity contribution in [3.05, 3.63) is 108 Å². The molecule has 47 heavy (non-hydrogen) atoms. The second-order valence-electron chi connectivity index (χ2n) is 11.8. The number of carbonyl (C=O) groups excluding carboxylic acids is 2. The summed E-state index contributed by atoms with van der Waals surface area (Å²) in [5, 5.41) is 15.8. The lowest BCUT2D eigenvalue weighted by atomic mass is 9.85. The minimum Gasteiger partial charge on any atom is -0.508 e. The number of benzene rings is 4. The monoisotopic (exact) mass is 637 g/mol. The molecule has 0 bridgehead atoms. The van der Waals surface area contributed by atoms with Gasteiger partial charge in [-0.2, -0.15) is 0 Å². The molecule has 0 atom stereocenters. The van der Waals surface area contributed by atoms with Gasteiger partial charge < -0.3 is 34.9 Å². The molecule has 0 saturated carbocycles. The van der Waals surface area contributed by atoms with Crippen molar-refractivity contribution in [3.8, 4) is 34.1 Å². The summed E-state index contributed by atoms with van der Waals surface area (Å²) >= 11 is 0. The SMILES string of the molecule is COc1cc(OC)c(CNC(=O)C2(NC(=O)c3ccc(-c4ccc(O)cc4)cc3)CCN(CCCc3ccccc3)CC2)c(OC)c1. The molecule has 1 fully saturated rings. The number of phenols is 1. The second-order valence-corrected chi connectivity index (χ2v) is 11.8. The third-order valence-corrected chi connectivity index (χ3v) is 8.87. The van der Waals surface area contributed by atoms with Crippen LogP contribution in [0.3, 0.4) is 0 Å². The number of likely N-dealkylation sites (tertiary alicyclic amines) is 1. The average molecular weight is 638 g/mol. The lowest BCUT2D eigenvalue weighted by molar-refractivity contribution is -0.129. The summed E-state index contributed by atoms with van der Waals surface area (Å²) in [4.78, 5) is 30.1. The van der Waals surface area contributed by atoms with Crippen LogP contribution in [0.1, 0.15) is 40.7 Å². The Morgan fingerprint density at radius 2 is 1.40 bits per heavy atom. The number of nitrogens with one attached hydrogen (secondary N) is 2. The Kier molecular flexibility index (Phi) is 11.0. The fourth-order valence-electron chi connectivity index (χ4n) is 6.07. The van der Waals surface area contributed by atoms with Crippen molar-refractivity contribution in [2.24, 2.45) is 0 Å². The highest BCUT2D eigenvalue weighted by Gasteiger charge is 2.42. The van der Waals surface area contributed by atoms with E-state index in [0.29, 0.717) is 54.3 Å². The van der Waals surface area contributed by atoms with E-state index in [-0.39, 0.29) is 24.1 Å². The van der Waals surface area contributed by atoms with E-state index >= 15 is 0 Å². The maximum absolute atomic E-state index is 14.1. The largest absolute Gasteiger partial charge is 0.508 e. The summed E-state index contributed by atoms with van der Waals surface area (Å²) in [6.45, 7) is 2.42. The molecule has 1 heterocycles. The van der Waals surface area contributed by atoms with Crippen LogP contribution in [0.15, 0.2) is 91.0 Å². The predicted molar refractivity (Wildman–Crippen MR) is 182 cm³/mol. The van der Waals surface area contributed by atoms with Gasteiger partial charge in [-0.15, -0.1) is 0 Å². The van der Waals surface area contributed by atoms with Gasteiger partial charge in [0.15, 0.2) is 0 Å². The highest BCUT2D eigenvalue weighted by molar-refractivity contribution is 5.99. The average Bonchev–Trinajstić information content (AvgIpc) is 3.11. The maximum atomic E-state index is 14.1. The van der Waals surface area contributed by atoms with Gasteiger partial charge in [0.25, 0.3) is 5.91 Å². The third-order valence-electron chi connectivity index (χ3n) is 8.87. The Morgan fingerprint density at radius 3 is 1.98 bits per heavy atom. The van der Waals surface area contributed by atoms with Crippen molar-refractivity contribution < 1.29 is 28.9 Å². The van der Waals surface area contributed by atoms with Crippen molar-refractivity contribution in [1.29, 1.82) is 0 Å². The Bertz CT molecular complexity index is 1610. The molecule has 4 aromatic rings. The highest BCUT2D eigenvalue weighted by atomic mass is 16.5. The molecular weight excluding hydrogens is 594 g/mol. The van der Waals surface area contributed by atoms with Crippen LogP contribution in [0.5, 0.6) is 23.0 Å². The number of piperidine rings is 1. The first kappa shape index (κ1) is 33.3. The molecule has 9 heteroatoms. The van der Waals surface area contributed by atoms with Crippen LogP contribution in [0.4, 0.5) is 0 Å². The first-order valence-electron chi connectivity index (χ1n) is 15.9. The molecule has 0 aliphatic carbocycles. The van der Waals surface area contributed by atoms with E-state index in [4.69, 9.17) is 14.2 Å². The molecule has 246 valence electrons. The fourth-order valence-corrected chi connectivity index (χ4v) is 6.07. The Balaban J connectivity index is 1.31. The number of hydrogen-bond donors (Lipinski definition) is 3. The fraction of sp³-hybridized carbons (Fsp3) is 0.316. The number of nitrogens with zero attached hydrogens (tertiary/aromatic N) is 1. The van der Waals surface area contributed by atoms with Crippen LogP contribution in [0.2, 0.25) is 0 Å². The molecular formula is C38H43N3O6. The quantitative estimate of drug-likeness (QED) is 0.175. The number of hydrogen-bond acceptors (Lipinski definition) is 7. The standard InChI is InChI=1S/C38H43N3O6/c1-45-32-24-34(46-2)33(35(25-32)47-3)26-39-37(44)38(19-22-41(23-20-38)21-7-10-27-8-5-4-6-9-27)40-36(43)30-13-11-28(12-14-30)29-15-17-31(42)18-16-29/h4-6,8-9,11-18,24-25,42H,7,10,19-23,26H2,1-3H3,(H,39,44)(H,40,43). The first-order chi connectivity index (χ1) is 22.8. The smallest absolute Gasteiger partial charge is 0.252 e. The molecule has 9 nitrogen and oxygen atoms in total. The summed E-state index contributed by atoms with van der Waals surface area (Å²) in [5.41, 5.74) is 3.19. The molecule has 1 aliphatic heterocycles. The summed E-state index contributed by atoms with van der Waals surface area (Å²) < 4.78 is 16.5. The molecule has 0 spiro atoms. The van der Waals surface area contributed by atoms with Crippen molar-refractivity contribution in [1.82, 2.24) is 15.5 Å². The van der Waals surface area contributed by atoms with Crippen LogP contribution in [0.25, 0.3) is 11.1 Å². The van der Waals surface area contributed by atoms with Gasteiger partial charge in [0.2, 0.25) is 5.91 Å². The molecule has 5 rings (SSSR count). The van der Waals surface area contributed by atoms with E-state index in [2.05, 4.69) is 39.8 Å². The second kappa shape index (κ2) is 15.5. The van der Waals surface area contributed by atoms with Gasteiger partial charge in [-0.05, 0) is 73.2 Å². The number of aryl methyl sites for hydroxylation is 1. The Hall–Kier alpha value is -5.02. The maximum Gasteiger partial charge on any atom is 0.252 e. The topological polar surface area (TPSA) is 109 Å². The van der Waals surface area contributed by atoms with Gasteiger partial charge in [0, 0.05) is 30.8 Å². The molecule has 4 aromatic carbocycles. The van der Waals surface area contributed by atoms with Crippen molar-refractivity contribution in [2.45, 2.75) is 37.8 Å². The third kappa shape index (κ3) is 8.23. The van der Waals surface area contributed by atoms with Gasteiger partial charge >= 0.3 is 0 Å². The van der Waals surface area contributed by atoms with Crippen LogP contribution < -0.4 is 24.8 Å². The number of amides is 2. The summed E-state index contributed by atoms with van der Waals surface area (Å²) in [7, 11) is 4.68. The van der Waals surface area contributed by atoms with Gasteiger partial charge in [0.05, 0.1) is 33.4 Å². The van der Waals surface area contributed by atoms with E-state index in [1.165, 1.54) is 5.56 Å². The summed E-state index contributed by atoms with van der Waals surface area (Å²) in [6, 6.07) is 28.1.